The molecule has 0 aliphatic carbocycles. The molecule has 5 nitrogen and oxygen atoms in total. The number of rotatable bonds is 4. The van der Waals surface area contributed by atoms with Gasteiger partial charge in [-0.2, -0.15) is 5.10 Å². The predicted octanol–water partition coefficient (Wildman–Crippen LogP) is 3.43. The van der Waals surface area contributed by atoms with Gasteiger partial charge in [-0.1, -0.05) is 23.5 Å². The van der Waals surface area contributed by atoms with Gasteiger partial charge in [-0.3, -0.25) is 4.68 Å². The molecule has 0 radical (unpaired) electrons. The highest BCUT2D eigenvalue weighted by atomic mass is 32.1. The quantitative estimate of drug-likeness (QED) is 0.789. The van der Waals surface area contributed by atoms with Crippen molar-refractivity contribution in [2.45, 2.75) is 38.3 Å². The second-order valence-electron chi connectivity index (χ2n) is 6.61. The Morgan fingerprint density at radius 2 is 2.29 bits per heavy atom. The van der Waals surface area contributed by atoms with Crippen molar-refractivity contribution in [3.63, 3.8) is 0 Å². The van der Waals surface area contributed by atoms with Crippen LogP contribution in [0.1, 0.15) is 36.5 Å². The summed E-state index contributed by atoms with van der Waals surface area (Å²) in [4.78, 5) is 7.21. The third-order valence-electron chi connectivity index (χ3n) is 4.83. The normalized spacial score (nSPS) is 19.3. The number of benzene rings is 1. The third-order valence-corrected chi connectivity index (χ3v) is 6.07. The highest BCUT2D eigenvalue weighted by Gasteiger charge is 2.29. The van der Waals surface area contributed by atoms with Crippen molar-refractivity contribution in [3.8, 4) is 0 Å². The largest absolute Gasteiger partial charge is 0.388 e. The number of thiazole rings is 1. The average molecular weight is 342 g/mol. The second kappa shape index (κ2) is 6.18. The third kappa shape index (κ3) is 2.80. The molecular formula is C18H22N4OS. The van der Waals surface area contributed by atoms with Crippen LogP contribution in [0.5, 0.6) is 0 Å². The van der Waals surface area contributed by atoms with Crippen molar-refractivity contribution in [2.75, 3.05) is 11.4 Å². The van der Waals surface area contributed by atoms with Gasteiger partial charge < -0.3 is 10.0 Å². The molecule has 1 saturated heterocycles. The smallest absolute Gasteiger partial charge is 0.186 e. The van der Waals surface area contributed by atoms with Crippen LogP contribution in [-0.4, -0.2) is 32.5 Å². The van der Waals surface area contributed by atoms with Crippen LogP contribution in [0.15, 0.2) is 30.6 Å². The molecule has 1 N–H and O–H groups in total. The second-order valence-corrected chi connectivity index (χ2v) is 7.59. The number of aromatic nitrogens is 3. The Hall–Kier alpha value is -1.92. The van der Waals surface area contributed by atoms with E-state index in [1.165, 1.54) is 10.3 Å². The number of aryl methyl sites for hydroxylation is 2. The molecule has 1 aliphatic rings. The van der Waals surface area contributed by atoms with Gasteiger partial charge in [0.1, 0.15) is 0 Å². The Bertz CT molecular complexity index is 856. The van der Waals surface area contributed by atoms with Gasteiger partial charge in [0.2, 0.25) is 0 Å². The molecule has 0 bridgehead atoms. The molecular weight excluding hydrogens is 320 g/mol. The minimum Gasteiger partial charge on any atom is -0.388 e. The van der Waals surface area contributed by atoms with Gasteiger partial charge in [0.05, 0.1) is 22.5 Å². The fourth-order valence-corrected chi connectivity index (χ4v) is 4.67. The standard InChI is InChI=1S/C18H22N4OS/c1-12-5-3-7-15-17(12)24-18(20-15)22-8-4-6-14(22)9-16(23)13-10-19-21(2)11-13/h3,5,7,10-11,14,16,23H,4,6,8-9H2,1-2H3/t14-,16+/m1/s1. The van der Waals surface area contributed by atoms with Gasteiger partial charge in [0, 0.05) is 31.4 Å². The van der Waals surface area contributed by atoms with Crippen molar-refractivity contribution in [1.29, 1.82) is 0 Å². The molecule has 4 rings (SSSR count). The Labute approximate surface area is 145 Å². The number of fused-ring (bicyclic) bond motifs is 1. The zero-order valence-corrected chi connectivity index (χ0v) is 14.8. The highest BCUT2D eigenvalue weighted by molar-refractivity contribution is 7.22. The molecule has 1 aliphatic heterocycles. The van der Waals surface area contributed by atoms with Gasteiger partial charge in [-0.25, -0.2) is 4.98 Å². The van der Waals surface area contributed by atoms with Gasteiger partial charge in [-0.15, -0.1) is 0 Å². The summed E-state index contributed by atoms with van der Waals surface area (Å²) in [5.74, 6) is 0. The summed E-state index contributed by atoms with van der Waals surface area (Å²) in [6.07, 6.45) is 6.16. The summed E-state index contributed by atoms with van der Waals surface area (Å²) in [5.41, 5.74) is 3.25. The Morgan fingerprint density at radius 1 is 1.42 bits per heavy atom. The zero-order chi connectivity index (χ0) is 16.7. The molecule has 1 fully saturated rings. The van der Waals surface area contributed by atoms with E-state index in [2.05, 4.69) is 35.1 Å². The summed E-state index contributed by atoms with van der Waals surface area (Å²) in [6.45, 7) is 3.15. The van der Waals surface area contributed by atoms with Gasteiger partial charge in [-0.05, 0) is 37.8 Å². The number of hydrogen-bond acceptors (Lipinski definition) is 5. The van der Waals surface area contributed by atoms with Crippen LogP contribution in [0.3, 0.4) is 0 Å². The van der Waals surface area contributed by atoms with Gasteiger partial charge >= 0.3 is 0 Å². The first kappa shape index (κ1) is 15.6. The topological polar surface area (TPSA) is 54.2 Å². The number of hydrogen-bond donors (Lipinski definition) is 1. The maximum Gasteiger partial charge on any atom is 0.186 e. The van der Waals surface area contributed by atoms with Gasteiger partial charge in [0.15, 0.2) is 5.13 Å². The zero-order valence-electron chi connectivity index (χ0n) is 14.0. The van der Waals surface area contributed by atoms with Crippen LogP contribution >= 0.6 is 11.3 Å². The van der Waals surface area contributed by atoms with Crippen LogP contribution in [-0.2, 0) is 7.05 Å². The molecule has 6 heteroatoms. The van der Waals surface area contributed by atoms with E-state index in [1.807, 2.05) is 13.2 Å². The molecule has 1 aromatic carbocycles. The SMILES string of the molecule is Cc1cccc2nc(N3CCC[C@@H]3C[C@H](O)c3cnn(C)c3)sc12. The van der Waals surface area contributed by atoms with Crippen molar-refractivity contribution >= 4 is 26.7 Å². The monoisotopic (exact) mass is 342 g/mol. The molecule has 0 unspecified atom stereocenters. The lowest BCUT2D eigenvalue weighted by Gasteiger charge is -2.25. The molecule has 0 saturated carbocycles. The Balaban J connectivity index is 1.56. The van der Waals surface area contributed by atoms with Crippen LogP contribution in [0.2, 0.25) is 0 Å². The molecule has 2 aromatic heterocycles. The fraction of sp³-hybridized carbons (Fsp3) is 0.444. The summed E-state index contributed by atoms with van der Waals surface area (Å²) >= 11 is 1.77. The average Bonchev–Trinajstić information content (AvgIpc) is 3.26. The lowest BCUT2D eigenvalue weighted by Crippen LogP contribution is -2.30. The maximum absolute atomic E-state index is 10.5. The lowest BCUT2D eigenvalue weighted by atomic mass is 10.0. The Morgan fingerprint density at radius 3 is 3.04 bits per heavy atom. The molecule has 24 heavy (non-hydrogen) atoms. The van der Waals surface area contributed by atoms with Crippen molar-refractivity contribution < 1.29 is 5.11 Å². The molecule has 2 atom stereocenters. The first-order chi connectivity index (χ1) is 11.6. The lowest BCUT2D eigenvalue weighted by molar-refractivity contribution is 0.158. The highest BCUT2D eigenvalue weighted by Crippen LogP contribution is 2.37. The van der Waals surface area contributed by atoms with Crippen LogP contribution < -0.4 is 4.90 Å². The summed E-state index contributed by atoms with van der Waals surface area (Å²) in [5, 5.41) is 15.8. The number of anilines is 1. The molecule has 3 aromatic rings. The fourth-order valence-electron chi connectivity index (χ4n) is 3.54. The van der Waals surface area contributed by atoms with E-state index in [0.717, 1.165) is 42.0 Å². The number of aliphatic hydroxyl groups excluding tert-OH is 1. The summed E-state index contributed by atoms with van der Waals surface area (Å²) in [6, 6.07) is 6.62. The molecule has 126 valence electrons. The minimum absolute atomic E-state index is 0.334. The van der Waals surface area contributed by atoms with E-state index in [9.17, 15) is 5.11 Å². The van der Waals surface area contributed by atoms with Crippen LogP contribution in [0.4, 0.5) is 5.13 Å². The van der Waals surface area contributed by atoms with Crippen molar-refractivity contribution in [3.05, 3.63) is 41.7 Å². The number of aliphatic hydroxyl groups is 1. The predicted molar refractivity (Wildman–Crippen MR) is 97.5 cm³/mol. The minimum atomic E-state index is -0.472. The summed E-state index contributed by atoms with van der Waals surface area (Å²) < 4.78 is 3.01. The number of nitrogens with zero attached hydrogens (tertiary/aromatic N) is 4. The first-order valence-electron chi connectivity index (χ1n) is 8.41. The van der Waals surface area contributed by atoms with Crippen LogP contribution in [0.25, 0.3) is 10.2 Å². The van der Waals surface area contributed by atoms with E-state index >= 15 is 0 Å². The van der Waals surface area contributed by atoms with Gasteiger partial charge in [0.25, 0.3) is 0 Å². The summed E-state index contributed by atoms with van der Waals surface area (Å²) in [7, 11) is 1.88. The Kier molecular flexibility index (Phi) is 4.02. The van der Waals surface area contributed by atoms with E-state index < -0.39 is 6.10 Å². The maximum atomic E-state index is 10.5. The molecule has 0 spiro atoms. The first-order valence-corrected chi connectivity index (χ1v) is 9.23. The van der Waals surface area contributed by atoms with E-state index in [-0.39, 0.29) is 0 Å². The van der Waals surface area contributed by atoms with E-state index in [0.29, 0.717) is 6.04 Å². The molecule has 0 amide bonds. The van der Waals surface area contributed by atoms with Crippen molar-refractivity contribution in [1.82, 2.24) is 14.8 Å². The van der Waals surface area contributed by atoms with Crippen LogP contribution in [0, 0.1) is 6.92 Å². The molecule has 3 heterocycles. The van der Waals surface area contributed by atoms with E-state index in [4.69, 9.17) is 4.98 Å². The van der Waals surface area contributed by atoms with E-state index in [1.54, 1.807) is 22.2 Å². The van der Waals surface area contributed by atoms with Crippen molar-refractivity contribution in [2.24, 2.45) is 7.05 Å².